The molecule has 0 saturated carbocycles. The highest BCUT2D eigenvalue weighted by Crippen LogP contribution is 2.08. The van der Waals surface area contributed by atoms with Crippen LogP contribution in [-0.2, 0) is 13.0 Å². The van der Waals surface area contributed by atoms with Gasteiger partial charge in [-0.25, -0.2) is 8.78 Å². The van der Waals surface area contributed by atoms with E-state index < -0.39 is 17.5 Å². The Bertz CT molecular complexity index is 609. The quantitative estimate of drug-likeness (QED) is 0.812. The van der Waals surface area contributed by atoms with Gasteiger partial charge in [0, 0.05) is 19.2 Å². The topological polar surface area (TPSA) is 85.8 Å². The number of nitrogens with two attached hydrogens (primary N) is 1. The molecule has 1 aromatic heterocycles. The Morgan fingerprint density at radius 3 is 2.67 bits per heavy atom. The lowest BCUT2D eigenvalue weighted by atomic mass is 10.1. The standard InChI is InChI=1S/C13H15F2N5O/c14-10-5-9(6-11(15)7-10)1-3-17-13(21)12-8-20(4-2-16)19-18-12/h5-8H,1-4,16H2,(H,17,21). The molecule has 0 spiro atoms. The average molecular weight is 295 g/mol. The molecule has 0 aliphatic carbocycles. The van der Waals surface area contributed by atoms with Crippen molar-refractivity contribution in [3.8, 4) is 0 Å². The number of aromatic nitrogens is 3. The molecule has 0 atom stereocenters. The summed E-state index contributed by atoms with van der Waals surface area (Å²) in [7, 11) is 0. The van der Waals surface area contributed by atoms with Crippen molar-refractivity contribution in [2.75, 3.05) is 13.1 Å². The fourth-order valence-electron chi connectivity index (χ4n) is 1.81. The predicted octanol–water partition coefficient (Wildman–Crippen LogP) is 0.487. The number of rotatable bonds is 6. The molecule has 0 fully saturated rings. The summed E-state index contributed by atoms with van der Waals surface area (Å²) in [6.45, 7) is 1.11. The number of carbonyl (C=O) groups excluding carboxylic acids is 1. The number of halogens is 2. The van der Waals surface area contributed by atoms with E-state index in [9.17, 15) is 13.6 Å². The molecule has 3 N–H and O–H groups in total. The van der Waals surface area contributed by atoms with Gasteiger partial charge in [-0.05, 0) is 24.1 Å². The van der Waals surface area contributed by atoms with E-state index in [0.717, 1.165) is 6.07 Å². The van der Waals surface area contributed by atoms with Crippen LogP contribution in [0.2, 0.25) is 0 Å². The normalized spacial score (nSPS) is 10.6. The zero-order valence-corrected chi connectivity index (χ0v) is 11.2. The first-order valence-corrected chi connectivity index (χ1v) is 6.42. The van der Waals surface area contributed by atoms with Crippen LogP contribution < -0.4 is 11.1 Å². The molecule has 2 rings (SSSR count). The highest BCUT2D eigenvalue weighted by Gasteiger charge is 2.10. The van der Waals surface area contributed by atoms with Gasteiger partial charge in [0.15, 0.2) is 5.69 Å². The number of nitrogens with one attached hydrogen (secondary N) is 1. The molecule has 0 aliphatic rings. The van der Waals surface area contributed by atoms with Crippen molar-refractivity contribution in [1.29, 1.82) is 0 Å². The summed E-state index contributed by atoms with van der Waals surface area (Å²) in [6, 6.07) is 3.26. The largest absolute Gasteiger partial charge is 0.350 e. The molecule has 0 bridgehead atoms. The van der Waals surface area contributed by atoms with Crippen molar-refractivity contribution in [3.05, 3.63) is 47.3 Å². The summed E-state index contributed by atoms with van der Waals surface area (Å²) in [5.41, 5.74) is 6.01. The third-order valence-electron chi connectivity index (χ3n) is 2.75. The smallest absolute Gasteiger partial charge is 0.273 e. The maximum absolute atomic E-state index is 13.0. The zero-order valence-electron chi connectivity index (χ0n) is 11.2. The van der Waals surface area contributed by atoms with Crippen LogP contribution >= 0.6 is 0 Å². The van der Waals surface area contributed by atoms with Crippen molar-refractivity contribution in [2.45, 2.75) is 13.0 Å². The summed E-state index contributed by atoms with van der Waals surface area (Å²) in [6.07, 6.45) is 1.81. The predicted molar refractivity (Wildman–Crippen MR) is 71.5 cm³/mol. The highest BCUT2D eigenvalue weighted by molar-refractivity contribution is 5.91. The number of hydrogen-bond acceptors (Lipinski definition) is 4. The first-order valence-electron chi connectivity index (χ1n) is 6.42. The van der Waals surface area contributed by atoms with E-state index in [1.807, 2.05) is 0 Å². The Labute approximate surface area is 119 Å². The molecule has 1 heterocycles. The second-order valence-electron chi connectivity index (χ2n) is 4.44. The highest BCUT2D eigenvalue weighted by atomic mass is 19.1. The molecule has 8 heteroatoms. The van der Waals surface area contributed by atoms with Crippen LogP contribution in [0.4, 0.5) is 8.78 Å². The second kappa shape index (κ2) is 6.89. The summed E-state index contributed by atoms with van der Waals surface area (Å²) in [5, 5.41) is 10.1. The minimum absolute atomic E-state index is 0.175. The molecule has 21 heavy (non-hydrogen) atoms. The number of benzene rings is 1. The third kappa shape index (κ3) is 4.32. The fourth-order valence-corrected chi connectivity index (χ4v) is 1.81. The molecular formula is C13H15F2N5O. The molecule has 0 aliphatic heterocycles. The van der Waals surface area contributed by atoms with Crippen molar-refractivity contribution in [2.24, 2.45) is 5.73 Å². The Kier molecular flexibility index (Phi) is 4.94. The van der Waals surface area contributed by atoms with Gasteiger partial charge in [0.25, 0.3) is 5.91 Å². The first-order chi connectivity index (χ1) is 10.1. The molecule has 6 nitrogen and oxygen atoms in total. The summed E-state index contributed by atoms with van der Waals surface area (Å²) < 4.78 is 27.5. The van der Waals surface area contributed by atoms with E-state index in [4.69, 9.17) is 5.73 Å². The maximum Gasteiger partial charge on any atom is 0.273 e. The molecule has 112 valence electrons. The fraction of sp³-hybridized carbons (Fsp3) is 0.308. The average Bonchev–Trinajstić information content (AvgIpc) is 2.86. The van der Waals surface area contributed by atoms with Crippen molar-refractivity contribution in [3.63, 3.8) is 0 Å². The van der Waals surface area contributed by atoms with E-state index >= 15 is 0 Å². The van der Waals surface area contributed by atoms with Crippen LogP contribution in [0.1, 0.15) is 16.1 Å². The van der Waals surface area contributed by atoms with Gasteiger partial charge in [0.05, 0.1) is 12.7 Å². The molecular weight excluding hydrogens is 280 g/mol. The van der Waals surface area contributed by atoms with E-state index in [1.54, 1.807) is 0 Å². The van der Waals surface area contributed by atoms with Crippen molar-refractivity contribution in [1.82, 2.24) is 20.3 Å². The van der Waals surface area contributed by atoms with Crippen LogP contribution in [0.5, 0.6) is 0 Å². The molecule has 1 amide bonds. The number of carbonyl (C=O) groups is 1. The Morgan fingerprint density at radius 2 is 2.00 bits per heavy atom. The Morgan fingerprint density at radius 1 is 1.29 bits per heavy atom. The molecule has 0 saturated heterocycles. The lowest BCUT2D eigenvalue weighted by Crippen LogP contribution is -2.26. The number of nitrogens with zero attached hydrogens (tertiary/aromatic N) is 3. The van der Waals surface area contributed by atoms with Crippen molar-refractivity contribution >= 4 is 5.91 Å². The summed E-state index contributed by atoms with van der Waals surface area (Å²) in [5.74, 6) is -1.67. The van der Waals surface area contributed by atoms with Gasteiger partial charge < -0.3 is 11.1 Å². The summed E-state index contributed by atoms with van der Waals surface area (Å²) in [4.78, 5) is 11.8. The Balaban J connectivity index is 1.86. The van der Waals surface area contributed by atoms with Crippen LogP contribution in [0.3, 0.4) is 0 Å². The van der Waals surface area contributed by atoms with Crippen LogP contribution in [0.25, 0.3) is 0 Å². The minimum Gasteiger partial charge on any atom is -0.350 e. The monoisotopic (exact) mass is 295 g/mol. The lowest BCUT2D eigenvalue weighted by Gasteiger charge is -2.04. The van der Waals surface area contributed by atoms with E-state index in [2.05, 4.69) is 15.6 Å². The number of amides is 1. The number of hydrogen-bond donors (Lipinski definition) is 2. The Hall–Kier alpha value is -2.35. The first kappa shape index (κ1) is 15.0. The van der Waals surface area contributed by atoms with Crippen LogP contribution in [0, 0.1) is 11.6 Å². The van der Waals surface area contributed by atoms with E-state index in [1.165, 1.54) is 23.0 Å². The molecule has 2 aromatic rings. The van der Waals surface area contributed by atoms with Gasteiger partial charge in [0.1, 0.15) is 11.6 Å². The third-order valence-corrected chi connectivity index (χ3v) is 2.75. The molecule has 0 radical (unpaired) electrons. The van der Waals surface area contributed by atoms with Gasteiger partial charge in [-0.1, -0.05) is 5.21 Å². The van der Waals surface area contributed by atoms with Crippen molar-refractivity contribution < 1.29 is 13.6 Å². The van der Waals surface area contributed by atoms with Gasteiger partial charge in [-0.3, -0.25) is 9.48 Å². The van der Waals surface area contributed by atoms with Crippen LogP contribution in [-0.4, -0.2) is 34.0 Å². The molecule has 1 aromatic carbocycles. The van der Waals surface area contributed by atoms with Crippen LogP contribution in [0.15, 0.2) is 24.4 Å². The minimum atomic E-state index is -0.638. The lowest BCUT2D eigenvalue weighted by molar-refractivity contribution is 0.0949. The van der Waals surface area contributed by atoms with Gasteiger partial charge in [-0.15, -0.1) is 5.10 Å². The zero-order chi connectivity index (χ0) is 15.2. The second-order valence-corrected chi connectivity index (χ2v) is 4.44. The maximum atomic E-state index is 13.0. The summed E-state index contributed by atoms with van der Waals surface area (Å²) >= 11 is 0. The van der Waals surface area contributed by atoms with Gasteiger partial charge in [0.2, 0.25) is 0 Å². The van der Waals surface area contributed by atoms with E-state index in [-0.39, 0.29) is 12.2 Å². The SMILES string of the molecule is NCCn1cc(C(=O)NCCc2cc(F)cc(F)c2)nn1. The van der Waals surface area contributed by atoms with Gasteiger partial charge >= 0.3 is 0 Å². The van der Waals surface area contributed by atoms with Gasteiger partial charge in [-0.2, -0.15) is 0 Å². The van der Waals surface area contributed by atoms with E-state index in [0.29, 0.717) is 25.1 Å². The molecule has 0 unspecified atom stereocenters.